The van der Waals surface area contributed by atoms with E-state index in [0.29, 0.717) is 28.7 Å². The molecule has 3 aromatic rings. The monoisotopic (exact) mass is 632 g/mol. The number of piperidine rings is 1. The van der Waals surface area contributed by atoms with Gasteiger partial charge in [-0.05, 0) is 74.9 Å². The Hall–Kier alpha value is -3.63. The van der Waals surface area contributed by atoms with E-state index >= 15 is 4.39 Å². The number of aromatic hydroxyl groups is 1. The highest BCUT2D eigenvalue weighted by Gasteiger charge is 2.41. The van der Waals surface area contributed by atoms with Crippen molar-refractivity contribution in [2.45, 2.75) is 83.6 Å². The number of nitrogens with zero attached hydrogens (tertiary/aromatic N) is 5. The van der Waals surface area contributed by atoms with Gasteiger partial charge in [-0.2, -0.15) is 0 Å². The Bertz CT molecular complexity index is 1430. The average Bonchev–Trinajstić information content (AvgIpc) is 3.33. The second-order valence-corrected chi connectivity index (χ2v) is 13.0. The number of piperazine rings is 1. The van der Waals surface area contributed by atoms with Gasteiger partial charge in [0.25, 0.3) is 0 Å². The van der Waals surface area contributed by atoms with E-state index in [4.69, 9.17) is 15.2 Å². The van der Waals surface area contributed by atoms with E-state index in [-0.39, 0.29) is 29.9 Å². The van der Waals surface area contributed by atoms with E-state index < -0.39 is 0 Å². The minimum Gasteiger partial charge on any atom is -0.507 e. The maximum Gasteiger partial charge on any atom is 0.169 e. The molecule has 2 unspecified atom stereocenters. The summed E-state index contributed by atoms with van der Waals surface area (Å²) in [5.74, 6) is 0.694. The van der Waals surface area contributed by atoms with Gasteiger partial charge in [-0.15, -0.1) is 10.2 Å². The van der Waals surface area contributed by atoms with Crippen LogP contribution in [0.4, 0.5) is 27.3 Å². The predicted molar refractivity (Wildman–Crippen MR) is 182 cm³/mol. The highest BCUT2D eigenvalue weighted by molar-refractivity contribution is 5.74. The predicted octanol–water partition coefficient (Wildman–Crippen LogP) is 6.60. The number of fused-ring (bicyclic) bond motifs is 2. The van der Waals surface area contributed by atoms with Gasteiger partial charge in [0, 0.05) is 68.6 Å². The van der Waals surface area contributed by atoms with Crippen LogP contribution in [-0.4, -0.2) is 73.1 Å². The number of halogens is 1. The molecule has 2 aromatic carbocycles. The average molecular weight is 633 g/mol. The van der Waals surface area contributed by atoms with Gasteiger partial charge >= 0.3 is 0 Å². The summed E-state index contributed by atoms with van der Waals surface area (Å²) in [6.07, 6.45) is 8.04. The summed E-state index contributed by atoms with van der Waals surface area (Å²) in [4.78, 5) is 6.98. The van der Waals surface area contributed by atoms with Crippen LogP contribution in [0.5, 0.6) is 5.75 Å². The summed E-state index contributed by atoms with van der Waals surface area (Å²) < 4.78 is 27.8. The molecule has 10 heteroatoms. The van der Waals surface area contributed by atoms with Gasteiger partial charge in [0.15, 0.2) is 12.1 Å². The Morgan fingerprint density at radius 1 is 0.870 bits per heavy atom. The summed E-state index contributed by atoms with van der Waals surface area (Å²) in [6, 6.07) is 15.2. The molecule has 46 heavy (non-hydrogen) atoms. The molecule has 0 amide bonds. The van der Waals surface area contributed by atoms with Crippen molar-refractivity contribution in [2.75, 3.05) is 59.8 Å². The van der Waals surface area contributed by atoms with Crippen molar-refractivity contribution in [1.82, 2.24) is 10.2 Å². The first-order valence-corrected chi connectivity index (χ1v) is 17.2. The topological polar surface area (TPSA) is 100 Å². The molecule has 3 N–H and O–H groups in total. The molecule has 3 saturated heterocycles. The number of hydrogen-bond donors (Lipinski definition) is 2. The molecule has 2 bridgehead atoms. The molecule has 4 heterocycles. The largest absolute Gasteiger partial charge is 0.507 e. The summed E-state index contributed by atoms with van der Waals surface area (Å²) in [5, 5.41) is 18.9. The van der Waals surface area contributed by atoms with Crippen LogP contribution in [0.2, 0.25) is 0 Å². The van der Waals surface area contributed by atoms with Crippen LogP contribution < -0.4 is 20.4 Å². The first-order valence-electron chi connectivity index (χ1n) is 17.2. The number of nitrogen functional groups attached to an aromatic ring is 1. The van der Waals surface area contributed by atoms with Crippen LogP contribution in [0, 0.1) is 11.7 Å². The van der Waals surface area contributed by atoms with Crippen molar-refractivity contribution in [3.63, 3.8) is 0 Å². The molecule has 9 nitrogen and oxygen atoms in total. The summed E-state index contributed by atoms with van der Waals surface area (Å²) in [7, 11) is 0. The van der Waals surface area contributed by atoms with E-state index in [2.05, 4.69) is 44.8 Å². The number of ether oxygens (including phenoxy) is 2. The van der Waals surface area contributed by atoms with Gasteiger partial charge in [0.05, 0.1) is 17.1 Å². The lowest BCUT2D eigenvalue weighted by molar-refractivity contribution is -0.177. The van der Waals surface area contributed by atoms with Crippen molar-refractivity contribution >= 4 is 22.9 Å². The third kappa shape index (κ3) is 7.03. The van der Waals surface area contributed by atoms with Gasteiger partial charge in [-0.1, -0.05) is 38.8 Å². The first kappa shape index (κ1) is 32.3. The summed E-state index contributed by atoms with van der Waals surface area (Å²) in [6.45, 7) is 8.92. The quantitative estimate of drug-likeness (QED) is 0.159. The standard InChI is InChI=1S/C36H49FN6O3/c1-3-5-19-45-36(46-20-6-4-2)25-15-17-41(18-16-25)32-21-26(13-14-30(32)37)43-27-11-12-28(43)24-42(23-27)33-22-31(39-40-35(33)38)29-9-7-8-10-34(29)44/h7-10,13-14,21-22,25,27-28,36,44H,3-6,11-12,15-20,23-24H2,1-2H3,(H2,38,40). The second kappa shape index (κ2) is 14.9. The number of hydrogen-bond acceptors (Lipinski definition) is 9. The molecular formula is C36H49FN6O3. The van der Waals surface area contributed by atoms with E-state index in [1.165, 1.54) is 0 Å². The Labute approximate surface area is 272 Å². The molecule has 2 atom stereocenters. The molecule has 1 aromatic heterocycles. The molecule has 0 aliphatic carbocycles. The number of unbranched alkanes of at least 4 members (excludes halogenated alkanes) is 2. The van der Waals surface area contributed by atoms with Crippen LogP contribution in [0.15, 0.2) is 48.5 Å². The van der Waals surface area contributed by atoms with Crippen molar-refractivity contribution in [3.8, 4) is 17.0 Å². The zero-order valence-electron chi connectivity index (χ0n) is 27.3. The lowest BCUT2D eigenvalue weighted by atomic mass is 9.95. The molecule has 6 rings (SSSR count). The Morgan fingerprint density at radius 3 is 2.20 bits per heavy atom. The van der Waals surface area contributed by atoms with E-state index in [0.717, 1.165) is 102 Å². The van der Waals surface area contributed by atoms with Crippen LogP contribution in [0.25, 0.3) is 11.3 Å². The van der Waals surface area contributed by atoms with Gasteiger partial charge in [0.2, 0.25) is 0 Å². The molecule has 0 spiro atoms. The fourth-order valence-electron chi connectivity index (χ4n) is 7.31. The minimum atomic E-state index is -0.178. The van der Waals surface area contributed by atoms with Gasteiger partial charge in [0.1, 0.15) is 11.6 Å². The SMILES string of the molecule is CCCCOC(OCCCC)C1CCN(c2cc(N3C4CCC3CN(c3cc(-c5ccccc5O)nnc3N)C4)ccc2F)CC1. The van der Waals surface area contributed by atoms with Crippen molar-refractivity contribution in [1.29, 1.82) is 0 Å². The Morgan fingerprint density at radius 2 is 1.54 bits per heavy atom. The number of rotatable bonds is 13. The molecule has 3 aliphatic heterocycles. The number of phenolic OH excluding ortho intramolecular Hbond substituents is 1. The lowest BCUT2D eigenvalue weighted by Crippen LogP contribution is -2.54. The normalized spacial score (nSPS) is 20.2. The van der Waals surface area contributed by atoms with Gasteiger partial charge in [-0.3, -0.25) is 0 Å². The number of anilines is 4. The van der Waals surface area contributed by atoms with Crippen molar-refractivity contribution in [2.24, 2.45) is 5.92 Å². The zero-order valence-corrected chi connectivity index (χ0v) is 27.3. The van der Waals surface area contributed by atoms with Gasteiger partial charge in [-0.25, -0.2) is 4.39 Å². The van der Waals surface area contributed by atoms with E-state index in [1.807, 2.05) is 24.3 Å². The molecule has 0 radical (unpaired) electrons. The number of aromatic nitrogens is 2. The number of phenols is 1. The first-order chi connectivity index (χ1) is 22.5. The summed E-state index contributed by atoms with van der Waals surface area (Å²) >= 11 is 0. The third-order valence-electron chi connectivity index (χ3n) is 9.86. The maximum absolute atomic E-state index is 15.4. The van der Waals surface area contributed by atoms with E-state index in [1.54, 1.807) is 18.2 Å². The minimum absolute atomic E-state index is 0.161. The fourth-order valence-corrected chi connectivity index (χ4v) is 7.31. The molecule has 3 aliphatic rings. The lowest BCUT2D eigenvalue weighted by Gasteiger charge is -2.44. The number of nitrogens with two attached hydrogens (primary N) is 1. The fraction of sp³-hybridized carbons (Fsp3) is 0.556. The zero-order chi connectivity index (χ0) is 32.0. The number of para-hydroxylation sites is 1. The smallest absolute Gasteiger partial charge is 0.169 e. The highest BCUT2D eigenvalue weighted by atomic mass is 19.1. The Balaban J connectivity index is 1.13. The summed E-state index contributed by atoms with van der Waals surface area (Å²) in [5.41, 5.74) is 10.2. The van der Waals surface area contributed by atoms with Crippen LogP contribution in [0.3, 0.4) is 0 Å². The second-order valence-electron chi connectivity index (χ2n) is 13.0. The molecular weight excluding hydrogens is 583 g/mol. The third-order valence-corrected chi connectivity index (χ3v) is 9.86. The highest BCUT2D eigenvalue weighted by Crippen LogP contribution is 2.41. The number of benzene rings is 2. The molecule has 248 valence electrons. The van der Waals surface area contributed by atoms with E-state index in [9.17, 15) is 5.11 Å². The maximum atomic E-state index is 15.4. The molecule has 3 fully saturated rings. The van der Waals surface area contributed by atoms with Gasteiger partial charge < -0.3 is 35.0 Å². The van der Waals surface area contributed by atoms with Crippen molar-refractivity contribution < 1.29 is 19.0 Å². The van der Waals surface area contributed by atoms with Crippen LogP contribution >= 0.6 is 0 Å². The van der Waals surface area contributed by atoms with Crippen molar-refractivity contribution in [3.05, 3.63) is 54.3 Å². The molecule has 0 saturated carbocycles. The van der Waals surface area contributed by atoms with Crippen LogP contribution in [-0.2, 0) is 9.47 Å². The Kier molecular flexibility index (Phi) is 10.4. The van der Waals surface area contributed by atoms with Crippen LogP contribution in [0.1, 0.15) is 65.2 Å².